The van der Waals surface area contributed by atoms with Crippen LogP contribution in [0.1, 0.15) is 22.3 Å². The second-order valence-electron chi connectivity index (χ2n) is 12.9. The zero-order valence-electron chi connectivity index (χ0n) is 27.1. The highest BCUT2D eigenvalue weighted by atomic mass is 15.0. The Bertz CT molecular complexity index is 2660. The van der Waals surface area contributed by atoms with Gasteiger partial charge in [-0.25, -0.2) is 9.97 Å². The van der Waals surface area contributed by atoms with Crippen molar-refractivity contribution in [1.82, 2.24) is 19.4 Å². The fourth-order valence-electron chi connectivity index (χ4n) is 8.00. The highest BCUT2D eigenvalue weighted by molar-refractivity contribution is 5.90. The number of benzene rings is 6. The lowest BCUT2D eigenvalue weighted by Crippen LogP contribution is -2.28. The average Bonchev–Trinajstić information content (AvgIpc) is 3.76. The van der Waals surface area contributed by atoms with E-state index in [2.05, 4.69) is 161 Å². The average molecular weight is 639 g/mol. The van der Waals surface area contributed by atoms with E-state index in [0.717, 1.165) is 39.4 Å². The van der Waals surface area contributed by atoms with Crippen LogP contribution in [0.5, 0.6) is 0 Å². The second kappa shape index (κ2) is 11.2. The Hall–Kier alpha value is -6.65. The molecule has 4 nitrogen and oxygen atoms in total. The van der Waals surface area contributed by atoms with Crippen LogP contribution in [-0.2, 0) is 5.41 Å². The molecule has 0 unspecified atom stereocenters. The molecule has 1 aliphatic rings. The largest absolute Gasteiger partial charge is 0.296 e. The minimum Gasteiger partial charge on any atom is -0.296 e. The van der Waals surface area contributed by atoms with Gasteiger partial charge in [-0.1, -0.05) is 133 Å². The molecule has 3 heterocycles. The van der Waals surface area contributed by atoms with Gasteiger partial charge in [0, 0.05) is 35.3 Å². The van der Waals surface area contributed by atoms with E-state index < -0.39 is 5.41 Å². The summed E-state index contributed by atoms with van der Waals surface area (Å²) in [5.74, 6) is 0. The van der Waals surface area contributed by atoms with Crippen LogP contribution in [0.15, 0.2) is 183 Å². The number of imidazole rings is 1. The molecular formula is C46H30N4. The minimum atomic E-state index is -0.492. The number of fused-ring (bicyclic) bond motifs is 5. The van der Waals surface area contributed by atoms with Gasteiger partial charge in [-0.15, -0.1) is 0 Å². The third-order valence-electron chi connectivity index (χ3n) is 10.2. The summed E-state index contributed by atoms with van der Waals surface area (Å²) in [7, 11) is 0. The predicted molar refractivity (Wildman–Crippen MR) is 202 cm³/mol. The third kappa shape index (κ3) is 4.22. The number of hydrogen-bond donors (Lipinski definition) is 0. The molecule has 10 rings (SSSR count). The number of nitrogens with zero attached hydrogens (tertiary/aromatic N) is 4. The van der Waals surface area contributed by atoms with Crippen LogP contribution < -0.4 is 0 Å². The maximum Gasteiger partial charge on any atom is 0.164 e. The van der Waals surface area contributed by atoms with Gasteiger partial charge in [0.05, 0.1) is 23.0 Å². The van der Waals surface area contributed by atoms with Gasteiger partial charge in [-0.3, -0.25) is 9.38 Å². The van der Waals surface area contributed by atoms with Crippen LogP contribution in [0, 0.1) is 0 Å². The summed E-state index contributed by atoms with van der Waals surface area (Å²) in [5.41, 5.74) is 13.7. The van der Waals surface area contributed by atoms with Crippen LogP contribution in [0.2, 0.25) is 0 Å². The highest BCUT2D eigenvalue weighted by Gasteiger charge is 2.46. The molecule has 0 N–H and O–H groups in total. The first-order valence-electron chi connectivity index (χ1n) is 16.9. The van der Waals surface area contributed by atoms with Crippen molar-refractivity contribution in [1.29, 1.82) is 0 Å². The standard InChI is InChI=1S/C46H30N4/c1-3-13-36(14-4-1)46(37-15-5-2-6-16-37)40-18-10-9-17-38(40)39-22-21-34(28-41(39)46)42-30-50-43(35-20-19-31-11-7-8-12-33(31)27-35)29-48-45(50)44(49-42)32-23-25-47-26-24-32/h1-30H. The summed E-state index contributed by atoms with van der Waals surface area (Å²) in [6.45, 7) is 0. The molecule has 0 amide bonds. The van der Waals surface area contributed by atoms with Crippen molar-refractivity contribution in [3.63, 3.8) is 0 Å². The van der Waals surface area contributed by atoms with Crippen molar-refractivity contribution < 1.29 is 0 Å². The van der Waals surface area contributed by atoms with Crippen LogP contribution in [0.25, 0.3) is 61.3 Å². The fourth-order valence-corrected chi connectivity index (χ4v) is 8.00. The van der Waals surface area contributed by atoms with Gasteiger partial charge in [0.2, 0.25) is 0 Å². The minimum absolute atomic E-state index is 0.492. The summed E-state index contributed by atoms with van der Waals surface area (Å²) >= 11 is 0. The molecule has 4 heteroatoms. The Morgan fingerprint density at radius 2 is 1.16 bits per heavy atom. The summed E-state index contributed by atoms with van der Waals surface area (Å²) in [6.07, 6.45) is 7.74. The predicted octanol–water partition coefficient (Wildman–Crippen LogP) is 10.6. The molecule has 0 bridgehead atoms. The first-order valence-corrected chi connectivity index (χ1v) is 16.9. The number of pyridine rings is 1. The van der Waals surface area contributed by atoms with Crippen molar-refractivity contribution in [2.75, 3.05) is 0 Å². The van der Waals surface area contributed by atoms with Gasteiger partial charge in [0.1, 0.15) is 5.69 Å². The molecule has 0 aliphatic heterocycles. The first-order chi connectivity index (χ1) is 24.8. The maximum absolute atomic E-state index is 5.36. The summed E-state index contributed by atoms with van der Waals surface area (Å²) in [6, 6.07) is 56.6. The fraction of sp³-hybridized carbons (Fsp3) is 0.0217. The molecule has 50 heavy (non-hydrogen) atoms. The van der Waals surface area contributed by atoms with Gasteiger partial charge in [0.15, 0.2) is 5.65 Å². The zero-order valence-corrected chi connectivity index (χ0v) is 27.1. The van der Waals surface area contributed by atoms with Gasteiger partial charge >= 0.3 is 0 Å². The summed E-state index contributed by atoms with van der Waals surface area (Å²) in [5, 5.41) is 2.41. The molecule has 9 aromatic rings. The van der Waals surface area contributed by atoms with E-state index in [1.807, 2.05) is 30.7 Å². The van der Waals surface area contributed by atoms with E-state index in [0.29, 0.717) is 0 Å². The Morgan fingerprint density at radius 3 is 1.94 bits per heavy atom. The molecule has 0 spiro atoms. The van der Waals surface area contributed by atoms with E-state index in [4.69, 9.17) is 9.97 Å². The van der Waals surface area contributed by atoms with Crippen molar-refractivity contribution in [3.8, 4) is 44.9 Å². The Morgan fingerprint density at radius 1 is 0.500 bits per heavy atom. The lowest BCUT2D eigenvalue weighted by atomic mass is 9.67. The molecule has 0 radical (unpaired) electrons. The molecule has 6 aromatic carbocycles. The third-order valence-corrected chi connectivity index (χ3v) is 10.2. The van der Waals surface area contributed by atoms with E-state index in [1.54, 1.807) is 0 Å². The second-order valence-corrected chi connectivity index (χ2v) is 12.9. The quantitative estimate of drug-likeness (QED) is 0.188. The first kappa shape index (κ1) is 28.4. The Kier molecular flexibility index (Phi) is 6.36. The molecule has 1 aliphatic carbocycles. The summed E-state index contributed by atoms with van der Waals surface area (Å²) in [4.78, 5) is 14.6. The molecule has 234 valence electrons. The number of rotatable bonds is 5. The van der Waals surface area contributed by atoms with Crippen molar-refractivity contribution in [2.24, 2.45) is 0 Å². The van der Waals surface area contributed by atoms with E-state index >= 15 is 0 Å². The normalized spacial score (nSPS) is 13.0. The molecule has 0 atom stereocenters. The van der Waals surface area contributed by atoms with Gasteiger partial charge < -0.3 is 0 Å². The number of aromatic nitrogens is 4. The van der Waals surface area contributed by atoms with E-state index in [9.17, 15) is 0 Å². The smallest absolute Gasteiger partial charge is 0.164 e. The van der Waals surface area contributed by atoms with E-state index in [1.165, 1.54) is 44.2 Å². The van der Waals surface area contributed by atoms with Crippen LogP contribution in [0.4, 0.5) is 0 Å². The maximum atomic E-state index is 5.36. The zero-order chi connectivity index (χ0) is 33.1. The lowest BCUT2D eigenvalue weighted by Gasteiger charge is -2.34. The van der Waals surface area contributed by atoms with Crippen molar-refractivity contribution in [3.05, 3.63) is 205 Å². The Labute approximate surface area is 290 Å². The van der Waals surface area contributed by atoms with Gasteiger partial charge in [-0.2, -0.15) is 0 Å². The van der Waals surface area contributed by atoms with Gasteiger partial charge in [0.25, 0.3) is 0 Å². The molecule has 0 fully saturated rings. The topological polar surface area (TPSA) is 43.1 Å². The molecular weight excluding hydrogens is 609 g/mol. The lowest BCUT2D eigenvalue weighted by molar-refractivity contribution is 0.768. The van der Waals surface area contributed by atoms with E-state index in [-0.39, 0.29) is 0 Å². The SMILES string of the molecule is c1ccc(C2(c3ccccc3)c3ccccc3-c3ccc(-c4cn5c(-c6ccc7ccccc7c6)cnc5c(-c5ccncc5)n4)cc32)cc1. The molecule has 0 saturated heterocycles. The Balaban J connectivity index is 1.24. The van der Waals surface area contributed by atoms with Crippen LogP contribution in [-0.4, -0.2) is 19.4 Å². The monoisotopic (exact) mass is 638 g/mol. The van der Waals surface area contributed by atoms with Crippen LogP contribution in [0.3, 0.4) is 0 Å². The van der Waals surface area contributed by atoms with Gasteiger partial charge in [-0.05, 0) is 68.4 Å². The van der Waals surface area contributed by atoms with Crippen molar-refractivity contribution in [2.45, 2.75) is 5.41 Å². The van der Waals surface area contributed by atoms with Crippen molar-refractivity contribution >= 4 is 16.4 Å². The molecule has 0 saturated carbocycles. The summed E-state index contributed by atoms with van der Waals surface area (Å²) < 4.78 is 2.20. The highest BCUT2D eigenvalue weighted by Crippen LogP contribution is 2.56. The number of hydrogen-bond acceptors (Lipinski definition) is 3. The van der Waals surface area contributed by atoms with Crippen LogP contribution >= 0.6 is 0 Å². The molecule has 3 aromatic heterocycles.